The van der Waals surface area contributed by atoms with Gasteiger partial charge >= 0.3 is 0 Å². The molecule has 0 unspecified atom stereocenters. The van der Waals surface area contributed by atoms with E-state index in [2.05, 4.69) is 17.0 Å². The normalized spacial score (nSPS) is 18.8. The average Bonchev–Trinajstić information content (AvgIpc) is 2.94. The van der Waals surface area contributed by atoms with Crippen molar-refractivity contribution in [3.05, 3.63) is 76.5 Å². The summed E-state index contributed by atoms with van der Waals surface area (Å²) in [5.74, 6) is -1.37. The van der Waals surface area contributed by atoms with Gasteiger partial charge in [0.1, 0.15) is 0 Å². The molecule has 2 aliphatic heterocycles. The molecule has 2 aliphatic rings. The van der Waals surface area contributed by atoms with Gasteiger partial charge in [-0.15, -0.1) is 0 Å². The van der Waals surface area contributed by atoms with Gasteiger partial charge in [-0.25, -0.2) is 0 Å². The summed E-state index contributed by atoms with van der Waals surface area (Å²) in [5.41, 5.74) is 4.12. The summed E-state index contributed by atoms with van der Waals surface area (Å²) >= 11 is 0. The molecule has 0 radical (unpaired) electrons. The molecule has 5 nitrogen and oxygen atoms in total. The minimum atomic E-state index is -0.565. The van der Waals surface area contributed by atoms with Gasteiger partial charge in [0, 0.05) is 25.7 Å². The van der Waals surface area contributed by atoms with E-state index in [9.17, 15) is 14.7 Å². The molecular formula is C24H26N2O3. The van der Waals surface area contributed by atoms with Crippen molar-refractivity contribution >= 4 is 17.4 Å². The third-order valence-electron chi connectivity index (χ3n) is 6.06. The first-order chi connectivity index (χ1) is 14.0. The number of amides is 2. The predicted octanol–water partition coefficient (Wildman–Crippen LogP) is 3.61. The van der Waals surface area contributed by atoms with Crippen LogP contribution in [0.3, 0.4) is 0 Å². The van der Waals surface area contributed by atoms with Crippen LogP contribution in [-0.2, 0) is 16.1 Å². The Morgan fingerprint density at radius 1 is 0.931 bits per heavy atom. The van der Waals surface area contributed by atoms with Crippen molar-refractivity contribution in [2.75, 3.05) is 13.1 Å². The quantitative estimate of drug-likeness (QED) is 0.811. The van der Waals surface area contributed by atoms with Gasteiger partial charge in [-0.1, -0.05) is 48.5 Å². The Kier molecular flexibility index (Phi) is 5.24. The monoisotopic (exact) mass is 390 g/mol. The maximum atomic E-state index is 13.1. The van der Waals surface area contributed by atoms with Gasteiger partial charge in [0.2, 0.25) is 0 Å². The first-order valence-corrected chi connectivity index (χ1v) is 10.1. The molecule has 0 bridgehead atoms. The Morgan fingerprint density at radius 2 is 1.62 bits per heavy atom. The molecule has 2 amide bonds. The lowest BCUT2D eigenvalue weighted by atomic mass is 9.99. The topological polar surface area (TPSA) is 60.9 Å². The zero-order valence-corrected chi connectivity index (χ0v) is 16.9. The van der Waals surface area contributed by atoms with E-state index in [-0.39, 0.29) is 17.5 Å². The molecule has 1 N–H and O–H groups in total. The van der Waals surface area contributed by atoms with Gasteiger partial charge in [0.25, 0.3) is 11.8 Å². The van der Waals surface area contributed by atoms with E-state index in [1.54, 1.807) is 6.07 Å². The number of aliphatic hydroxyl groups is 1. The lowest BCUT2D eigenvalue weighted by molar-refractivity contribution is -0.141. The van der Waals surface area contributed by atoms with Gasteiger partial charge in [0.15, 0.2) is 5.76 Å². The second kappa shape index (κ2) is 7.84. The molecule has 1 fully saturated rings. The highest BCUT2D eigenvalue weighted by Gasteiger charge is 2.43. The average molecular weight is 390 g/mol. The van der Waals surface area contributed by atoms with E-state index < -0.39 is 11.7 Å². The highest BCUT2D eigenvalue weighted by molar-refractivity contribution is 6.35. The Balaban J connectivity index is 1.46. The van der Waals surface area contributed by atoms with E-state index in [1.165, 1.54) is 10.5 Å². The van der Waals surface area contributed by atoms with Crippen molar-refractivity contribution in [2.45, 2.75) is 39.3 Å². The second-order valence-corrected chi connectivity index (χ2v) is 8.00. The molecule has 0 atom stereocenters. The van der Waals surface area contributed by atoms with Gasteiger partial charge in [-0.2, -0.15) is 0 Å². The molecular weight excluding hydrogens is 364 g/mol. The Hall–Kier alpha value is -2.92. The summed E-state index contributed by atoms with van der Waals surface area (Å²) < 4.78 is 0. The third kappa shape index (κ3) is 3.70. The maximum absolute atomic E-state index is 13.1. The molecule has 4 rings (SSSR count). The van der Waals surface area contributed by atoms with Crippen molar-refractivity contribution in [3.63, 3.8) is 0 Å². The van der Waals surface area contributed by atoms with Crippen molar-refractivity contribution in [3.8, 4) is 0 Å². The van der Waals surface area contributed by atoms with Crippen molar-refractivity contribution in [1.82, 2.24) is 9.80 Å². The fourth-order valence-electron chi connectivity index (χ4n) is 4.20. The Labute approximate surface area is 171 Å². The lowest BCUT2D eigenvalue weighted by Crippen LogP contribution is -2.47. The van der Waals surface area contributed by atoms with E-state index in [4.69, 9.17) is 0 Å². The molecule has 150 valence electrons. The van der Waals surface area contributed by atoms with E-state index in [0.717, 1.165) is 43.6 Å². The Bertz CT molecular complexity index is 973. The van der Waals surface area contributed by atoms with Crippen LogP contribution >= 0.6 is 0 Å². The van der Waals surface area contributed by atoms with Crippen LogP contribution in [0.2, 0.25) is 0 Å². The fraction of sp³-hybridized carbons (Fsp3) is 0.333. The maximum Gasteiger partial charge on any atom is 0.296 e. The minimum absolute atomic E-state index is 0.129. The van der Waals surface area contributed by atoms with Crippen LogP contribution in [0.15, 0.2) is 54.3 Å². The molecule has 5 heteroatoms. The highest BCUT2D eigenvalue weighted by atomic mass is 16.3. The molecule has 29 heavy (non-hydrogen) atoms. The fourth-order valence-corrected chi connectivity index (χ4v) is 4.20. The van der Waals surface area contributed by atoms with Crippen molar-refractivity contribution < 1.29 is 14.7 Å². The molecule has 0 aromatic heterocycles. The summed E-state index contributed by atoms with van der Waals surface area (Å²) in [6, 6.07) is 15.7. The highest BCUT2D eigenvalue weighted by Crippen LogP contribution is 2.32. The second-order valence-electron chi connectivity index (χ2n) is 8.00. The van der Waals surface area contributed by atoms with Crippen LogP contribution in [0.5, 0.6) is 0 Å². The lowest BCUT2D eigenvalue weighted by Gasteiger charge is -2.35. The van der Waals surface area contributed by atoms with Crippen molar-refractivity contribution in [2.24, 2.45) is 0 Å². The van der Waals surface area contributed by atoms with E-state index in [0.29, 0.717) is 5.56 Å². The summed E-state index contributed by atoms with van der Waals surface area (Å²) in [6.07, 6.45) is 1.44. The summed E-state index contributed by atoms with van der Waals surface area (Å²) in [6.45, 7) is 6.45. The summed E-state index contributed by atoms with van der Waals surface area (Å²) in [5, 5.41) is 10.4. The number of carbonyl (C=O) groups is 2. The number of likely N-dealkylation sites (tertiary alicyclic amines) is 1. The van der Waals surface area contributed by atoms with E-state index >= 15 is 0 Å². The van der Waals surface area contributed by atoms with Crippen LogP contribution < -0.4 is 0 Å². The zero-order chi connectivity index (χ0) is 20.5. The van der Waals surface area contributed by atoms with Gasteiger partial charge < -0.3 is 5.11 Å². The number of hydrogen-bond donors (Lipinski definition) is 1. The van der Waals surface area contributed by atoms with Gasteiger partial charge in [-0.3, -0.25) is 19.4 Å². The molecule has 1 saturated heterocycles. The number of aryl methyl sites for hydroxylation is 2. The van der Waals surface area contributed by atoms with Gasteiger partial charge in [0.05, 0.1) is 5.57 Å². The molecule has 2 aromatic carbocycles. The molecule has 0 aliphatic carbocycles. The SMILES string of the molecule is Cc1ccc(C2=C(O)C(=O)N(C3CCN(Cc4ccccc4)CC3)C2=O)cc1C. The molecule has 2 heterocycles. The number of piperidine rings is 1. The number of aliphatic hydroxyl groups excluding tert-OH is 1. The minimum Gasteiger partial charge on any atom is -0.502 e. The predicted molar refractivity (Wildman–Crippen MR) is 112 cm³/mol. The van der Waals surface area contributed by atoms with Crippen LogP contribution in [0.4, 0.5) is 0 Å². The van der Waals surface area contributed by atoms with Gasteiger partial charge in [-0.05, 0) is 48.9 Å². The number of benzene rings is 2. The molecule has 0 spiro atoms. The van der Waals surface area contributed by atoms with Crippen LogP contribution in [0.1, 0.15) is 35.1 Å². The summed E-state index contributed by atoms with van der Waals surface area (Å²) in [7, 11) is 0. The first kappa shape index (κ1) is 19.4. The Morgan fingerprint density at radius 3 is 2.28 bits per heavy atom. The largest absolute Gasteiger partial charge is 0.502 e. The number of imide groups is 1. The third-order valence-corrected chi connectivity index (χ3v) is 6.06. The first-order valence-electron chi connectivity index (χ1n) is 10.1. The van der Waals surface area contributed by atoms with Crippen LogP contribution in [-0.4, -0.2) is 45.9 Å². The smallest absolute Gasteiger partial charge is 0.296 e. The van der Waals surface area contributed by atoms with E-state index in [1.807, 2.05) is 44.2 Å². The number of rotatable bonds is 4. The number of nitrogens with zero attached hydrogens (tertiary/aromatic N) is 2. The molecule has 2 aromatic rings. The zero-order valence-electron chi connectivity index (χ0n) is 16.9. The summed E-state index contributed by atoms with van der Waals surface area (Å²) in [4.78, 5) is 29.4. The number of hydrogen-bond acceptors (Lipinski definition) is 4. The number of carbonyl (C=O) groups excluding carboxylic acids is 2. The molecule has 0 saturated carbocycles. The van der Waals surface area contributed by atoms with Crippen LogP contribution in [0.25, 0.3) is 5.57 Å². The standard InChI is InChI=1S/C24H26N2O3/c1-16-8-9-19(14-17(16)2)21-22(27)24(29)26(23(21)28)20-10-12-25(13-11-20)15-18-6-4-3-5-7-18/h3-9,14,20,27H,10-13,15H2,1-2H3. The van der Waals surface area contributed by atoms with Crippen LogP contribution in [0, 0.1) is 13.8 Å². The van der Waals surface area contributed by atoms with Crippen molar-refractivity contribution in [1.29, 1.82) is 0 Å².